The summed E-state index contributed by atoms with van der Waals surface area (Å²) in [5, 5.41) is 45.7. The number of rotatable bonds is 12. The summed E-state index contributed by atoms with van der Waals surface area (Å²) in [6.07, 6.45) is -11.2. The van der Waals surface area contributed by atoms with E-state index in [0.717, 1.165) is 11.0 Å². The molecule has 0 aromatic rings. The molecule has 6 N–H and O–H groups in total. The molecular weight excluding hydrogens is 600 g/mol. The number of nitrogens with zero attached hydrogens (tertiary/aromatic N) is 1. The summed E-state index contributed by atoms with van der Waals surface area (Å²) >= 11 is 0. The van der Waals surface area contributed by atoms with Gasteiger partial charge >= 0.3 is 0 Å². The smallest absolute Gasteiger partial charge is 0.276 e. The number of amides is 2. The van der Waals surface area contributed by atoms with Gasteiger partial charge in [0.25, 0.3) is 27.5 Å². The van der Waals surface area contributed by atoms with Gasteiger partial charge in [0.2, 0.25) is 0 Å². The Morgan fingerprint density at radius 2 is 1.83 bits per heavy atom. The van der Waals surface area contributed by atoms with E-state index in [2.05, 4.69) is 30.6 Å². The van der Waals surface area contributed by atoms with E-state index in [-0.39, 0.29) is 19.0 Å². The molecule has 0 aliphatic carbocycles. The van der Waals surface area contributed by atoms with Crippen molar-refractivity contribution in [1.82, 2.24) is 15.5 Å². The van der Waals surface area contributed by atoms with Crippen molar-refractivity contribution in [1.29, 1.82) is 0 Å². The first kappa shape index (κ1) is 33.7. The second kappa shape index (κ2) is 13.7. The van der Waals surface area contributed by atoms with Crippen molar-refractivity contribution in [3.8, 4) is 0 Å². The Kier molecular flexibility index (Phi) is 11.2. The van der Waals surface area contributed by atoms with Crippen LogP contribution in [0.5, 0.6) is 0 Å². The van der Waals surface area contributed by atoms with Crippen molar-refractivity contribution in [3.63, 3.8) is 0 Å². The van der Waals surface area contributed by atoms with Gasteiger partial charge in [-0.05, 0) is 0 Å². The lowest BCUT2D eigenvalue weighted by Gasteiger charge is -2.42. The number of carbonyl (C=O) groups excluding carboxylic acids is 2. The third kappa shape index (κ3) is 8.40. The van der Waals surface area contributed by atoms with Crippen LogP contribution in [0.2, 0.25) is 0 Å². The number of hydrogen-bond acceptors (Lipinski definition) is 17. The molecule has 11 atom stereocenters. The minimum Gasteiger partial charge on any atom is -0.756 e. The molecule has 41 heavy (non-hydrogen) atoms. The zero-order chi connectivity index (χ0) is 30.7. The van der Waals surface area contributed by atoms with Crippen LogP contribution in [0.1, 0.15) is 6.92 Å². The molecule has 21 heteroatoms. The zero-order valence-electron chi connectivity index (χ0n) is 21.7. The average Bonchev–Trinajstić information content (AvgIpc) is 3.15. The fourth-order valence-corrected chi connectivity index (χ4v) is 6.14. The number of phosphoric acid groups is 2. The second-order valence-corrected chi connectivity index (χ2v) is 12.0. The van der Waals surface area contributed by atoms with Crippen LogP contribution in [-0.2, 0) is 46.3 Å². The number of aliphatic hydroxyl groups excluding tert-OH is 4. The Bertz CT molecular complexity index is 1110. The maximum Gasteiger partial charge on any atom is 0.276 e. The van der Waals surface area contributed by atoms with Crippen molar-refractivity contribution in [3.05, 3.63) is 24.7 Å². The summed E-state index contributed by atoms with van der Waals surface area (Å²) in [6, 6.07) is 0. The van der Waals surface area contributed by atoms with Crippen molar-refractivity contribution in [2.45, 2.75) is 56.1 Å². The Morgan fingerprint density at radius 1 is 1.15 bits per heavy atom. The highest BCUT2D eigenvalue weighted by Gasteiger charge is 2.48. The van der Waals surface area contributed by atoms with Crippen LogP contribution in [0, 0.1) is 5.92 Å². The largest absolute Gasteiger partial charge is 0.756 e. The van der Waals surface area contributed by atoms with E-state index < -0.39 is 89.1 Å². The van der Waals surface area contributed by atoms with Crippen LogP contribution < -0.4 is 20.4 Å². The molecule has 3 aliphatic rings. The van der Waals surface area contributed by atoms with E-state index in [0.29, 0.717) is 0 Å². The van der Waals surface area contributed by atoms with Crippen molar-refractivity contribution in [2.75, 3.05) is 26.9 Å². The summed E-state index contributed by atoms with van der Waals surface area (Å²) in [5.41, 5.74) is 0. The normalized spacial score (nSPS) is 36.9. The van der Waals surface area contributed by atoms with Gasteiger partial charge in [-0.2, -0.15) is 0 Å². The maximum absolute atomic E-state index is 12.4. The molecule has 234 valence electrons. The lowest BCUT2D eigenvalue weighted by Crippen LogP contribution is -2.59. The fraction of sp³-hybridized carbons (Fsp3) is 0.700. The Morgan fingerprint density at radius 3 is 2.46 bits per heavy atom. The minimum atomic E-state index is -5.83. The highest BCUT2D eigenvalue weighted by atomic mass is 31.3. The number of ether oxygens (including phenoxy) is 3. The lowest BCUT2D eigenvalue weighted by atomic mass is 9.92. The molecule has 19 nitrogen and oxygen atoms in total. The molecule has 2 amide bonds. The molecule has 0 aromatic heterocycles. The van der Waals surface area contributed by atoms with E-state index in [1.807, 2.05) is 0 Å². The summed E-state index contributed by atoms with van der Waals surface area (Å²) in [6.45, 7) is 3.85. The minimum absolute atomic E-state index is 0.00379. The standard InChI is InChI=1S/C20H33N3O16P2/c1-9-13(25)15(27)17(18(29)21-5-7-34-3)37-20(9)38-41(32,33)39-40(30,31)35-8-11-14(26)16(28)19(36-11)23-6-4-12(24)22-10(23)2/h4,6,9,11,13-17,19-20,25-28H,2,5,7-8H2,1,3H3,(H,21,29)(H,22,24)(H,30,31)(H,32,33)/p-2/t9?,11-,13-,14+,15-,16?,17?,19-,20+/m1/s1. The van der Waals surface area contributed by atoms with Gasteiger partial charge in [0, 0.05) is 31.8 Å². The number of carbonyl (C=O) groups is 2. The highest BCUT2D eigenvalue weighted by Crippen LogP contribution is 2.57. The molecular formula is C20H31N3O16P2-2. The van der Waals surface area contributed by atoms with Gasteiger partial charge < -0.3 is 64.5 Å². The SMILES string of the molecule is C=C1NC(=O)C=CN1[C@@H]1O[C@H](COP(=O)([O-])OP(=O)([O-])O[C@@H]2OC(C(=O)NCCOC)[C@H](O)[C@H](O)C2C)[C@H](O)C1O. The molecule has 0 aromatic carbocycles. The van der Waals surface area contributed by atoms with Crippen LogP contribution in [0.15, 0.2) is 24.7 Å². The first-order chi connectivity index (χ1) is 19.1. The van der Waals surface area contributed by atoms with E-state index in [1.165, 1.54) is 20.2 Å². The Hall–Kier alpha value is -1.80. The van der Waals surface area contributed by atoms with E-state index in [1.54, 1.807) is 0 Å². The monoisotopic (exact) mass is 631 g/mol. The second-order valence-electron chi connectivity index (χ2n) is 9.13. The van der Waals surface area contributed by atoms with Crippen molar-refractivity contribution >= 4 is 27.5 Å². The maximum atomic E-state index is 12.4. The van der Waals surface area contributed by atoms with Crippen molar-refractivity contribution < 1.29 is 76.5 Å². The average molecular weight is 631 g/mol. The first-order valence-corrected chi connectivity index (χ1v) is 14.9. The van der Waals surface area contributed by atoms with E-state index >= 15 is 0 Å². The fourth-order valence-electron chi connectivity index (χ4n) is 3.99. The van der Waals surface area contributed by atoms with Gasteiger partial charge in [0.15, 0.2) is 18.6 Å². The van der Waals surface area contributed by atoms with E-state index in [9.17, 15) is 48.9 Å². The predicted molar refractivity (Wildman–Crippen MR) is 127 cm³/mol. The molecule has 3 heterocycles. The zero-order valence-corrected chi connectivity index (χ0v) is 23.5. The molecule has 3 aliphatic heterocycles. The van der Waals surface area contributed by atoms with E-state index in [4.69, 9.17) is 14.2 Å². The Labute approximate surface area is 233 Å². The molecule has 0 spiro atoms. The van der Waals surface area contributed by atoms with Crippen LogP contribution in [0.25, 0.3) is 0 Å². The van der Waals surface area contributed by atoms with Crippen LogP contribution in [0.3, 0.4) is 0 Å². The van der Waals surface area contributed by atoms with Gasteiger partial charge in [0.05, 0.1) is 19.3 Å². The number of nitrogens with one attached hydrogen (secondary N) is 2. The molecule has 0 bridgehead atoms. The predicted octanol–water partition coefficient (Wildman–Crippen LogP) is -4.32. The number of methoxy groups -OCH3 is 1. The van der Waals surface area contributed by atoms with Gasteiger partial charge in [-0.1, -0.05) is 13.5 Å². The van der Waals surface area contributed by atoms with Gasteiger partial charge in [-0.3, -0.25) is 23.2 Å². The molecule has 3 rings (SSSR count). The van der Waals surface area contributed by atoms with Crippen LogP contribution in [-0.4, -0.2) is 113 Å². The molecule has 0 saturated carbocycles. The van der Waals surface area contributed by atoms with Crippen LogP contribution in [0.4, 0.5) is 0 Å². The number of aliphatic hydroxyl groups is 4. The van der Waals surface area contributed by atoms with Gasteiger partial charge in [0.1, 0.15) is 30.2 Å². The highest BCUT2D eigenvalue weighted by molar-refractivity contribution is 7.59. The summed E-state index contributed by atoms with van der Waals surface area (Å²) < 4.78 is 53.2. The molecule has 0 radical (unpaired) electrons. The third-order valence-corrected chi connectivity index (χ3v) is 8.71. The lowest BCUT2D eigenvalue weighted by molar-refractivity contribution is -0.285. The van der Waals surface area contributed by atoms with Gasteiger partial charge in [-0.25, -0.2) is 4.31 Å². The quantitative estimate of drug-likeness (QED) is 0.0877. The third-order valence-electron chi connectivity index (χ3n) is 6.18. The number of phosphoric ester groups is 2. The summed E-state index contributed by atoms with van der Waals surface area (Å²) in [5.74, 6) is -2.73. The molecule has 2 fully saturated rings. The Balaban J connectivity index is 1.59. The van der Waals surface area contributed by atoms with Crippen molar-refractivity contribution in [2.24, 2.45) is 5.92 Å². The summed E-state index contributed by atoms with van der Waals surface area (Å²) in [7, 11) is -10.2. The van der Waals surface area contributed by atoms with Crippen LogP contribution >= 0.6 is 15.6 Å². The summed E-state index contributed by atoms with van der Waals surface area (Å²) in [4.78, 5) is 49.5. The topological polar surface area (TPSA) is 278 Å². The van der Waals surface area contributed by atoms with Gasteiger partial charge in [-0.15, -0.1) is 0 Å². The molecule has 5 unspecified atom stereocenters. The first-order valence-electron chi connectivity index (χ1n) is 12.0. The molecule has 2 saturated heterocycles. The number of hydrogen-bond donors (Lipinski definition) is 6.